The first-order chi connectivity index (χ1) is 17.8. The van der Waals surface area contributed by atoms with Gasteiger partial charge in [-0.25, -0.2) is 8.42 Å². The maximum absolute atomic E-state index is 13.4. The average Bonchev–Trinajstić information content (AvgIpc) is 2.92. The van der Waals surface area contributed by atoms with E-state index in [0.717, 1.165) is 24.1 Å². The molecule has 10 heteroatoms. The molecule has 0 saturated carbocycles. The molecule has 194 valence electrons. The zero-order valence-electron chi connectivity index (χ0n) is 20.1. The van der Waals surface area contributed by atoms with Crippen molar-refractivity contribution in [2.24, 2.45) is 0 Å². The topological polar surface area (TPSA) is 70.2 Å². The number of amides is 1. The van der Waals surface area contributed by atoms with Crippen LogP contribution in [0, 0.1) is 0 Å². The first kappa shape index (κ1) is 25.7. The highest BCUT2D eigenvalue weighted by atomic mass is 35.5. The minimum Gasteiger partial charge on any atom is -0.482 e. The maximum Gasteiger partial charge on any atom is 0.264 e. The highest BCUT2D eigenvalue weighted by Crippen LogP contribution is 2.34. The van der Waals surface area contributed by atoms with E-state index in [1.807, 2.05) is 48.5 Å². The van der Waals surface area contributed by atoms with Gasteiger partial charge in [-0.05, 0) is 60.9 Å². The molecule has 2 aliphatic heterocycles. The minimum absolute atomic E-state index is 0.0880. The van der Waals surface area contributed by atoms with Crippen LogP contribution in [0.4, 0.5) is 11.4 Å². The van der Waals surface area contributed by atoms with E-state index < -0.39 is 10.0 Å². The van der Waals surface area contributed by atoms with Gasteiger partial charge < -0.3 is 14.5 Å². The Bertz CT molecular complexity index is 1410. The van der Waals surface area contributed by atoms with Crippen molar-refractivity contribution in [1.82, 2.24) is 4.90 Å². The van der Waals surface area contributed by atoms with Crippen molar-refractivity contribution in [2.75, 3.05) is 48.5 Å². The number of aryl methyl sites for hydroxylation is 1. The number of fused-ring (bicyclic) bond motifs is 1. The normalized spacial score (nSPS) is 15.9. The van der Waals surface area contributed by atoms with Gasteiger partial charge in [0, 0.05) is 43.4 Å². The minimum atomic E-state index is -3.79. The van der Waals surface area contributed by atoms with Gasteiger partial charge in [0.1, 0.15) is 5.75 Å². The number of hydrogen-bond donors (Lipinski definition) is 0. The summed E-state index contributed by atoms with van der Waals surface area (Å²) >= 11 is 12.5. The van der Waals surface area contributed by atoms with Crippen LogP contribution >= 0.6 is 23.2 Å². The molecule has 0 aliphatic carbocycles. The number of ether oxygens (including phenoxy) is 1. The lowest BCUT2D eigenvalue weighted by atomic mass is 10.0. The quantitative estimate of drug-likeness (QED) is 0.431. The van der Waals surface area contributed by atoms with E-state index in [2.05, 4.69) is 4.90 Å². The van der Waals surface area contributed by atoms with Gasteiger partial charge in [0.2, 0.25) is 0 Å². The Hall–Kier alpha value is -2.94. The van der Waals surface area contributed by atoms with Gasteiger partial charge in [0.15, 0.2) is 6.61 Å². The van der Waals surface area contributed by atoms with Crippen LogP contribution < -0.4 is 13.9 Å². The summed E-state index contributed by atoms with van der Waals surface area (Å²) in [6.45, 7) is 2.75. The Morgan fingerprint density at radius 1 is 0.892 bits per heavy atom. The van der Waals surface area contributed by atoms with Crippen LogP contribution in [0.3, 0.4) is 0 Å². The Morgan fingerprint density at radius 3 is 2.43 bits per heavy atom. The lowest BCUT2D eigenvalue weighted by Gasteiger charge is -2.36. The van der Waals surface area contributed by atoms with Crippen molar-refractivity contribution in [1.29, 1.82) is 0 Å². The van der Waals surface area contributed by atoms with Crippen LogP contribution in [0.15, 0.2) is 71.6 Å². The molecule has 0 unspecified atom stereocenters. The van der Waals surface area contributed by atoms with Crippen LogP contribution in [-0.4, -0.2) is 58.6 Å². The number of nitrogens with zero attached hydrogens (tertiary/aromatic N) is 3. The molecule has 0 N–H and O–H groups in total. The predicted octanol–water partition coefficient (Wildman–Crippen LogP) is 4.86. The molecule has 7 nitrogen and oxygen atoms in total. The number of carbonyl (C=O) groups is 1. The van der Waals surface area contributed by atoms with Gasteiger partial charge in [-0.3, -0.25) is 9.10 Å². The number of rotatable bonds is 6. The van der Waals surface area contributed by atoms with Gasteiger partial charge in [-0.15, -0.1) is 0 Å². The smallest absolute Gasteiger partial charge is 0.264 e. The molecule has 0 radical (unpaired) electrons. The lowest BCUT2D eigenvalue weighted by molar-refractivity contribution is -0.133. The van der Waals surface area contributed by atoms with E-state index in [4.69, 9.17) is 27.9 Å². The van der Waals surface area contributed by atoms with Crippen molar-refractivity contribution in [2.45, 2.75) is 17.7 Å². The molecule has 1 saturated heterocycles. The Labute approximate surface area is 227 Å². The second-order valence-electron chi connectivity index (χ2n) is 9.04. The zero-order valence-corrected chi connectivity index (χ0v) is 22.5. The molecular weight excluding hydrogens is 533 g/mol. The summed E-state index contributed by atoms with van der Waals surface area (Å²) in [4.78, 5) is 16.8. The molecule has 2 aliphatic rings. The predicted molar refractivity (Wildman–Crippen MR) is 146 cm³/mol. The number of halogens is 2. The highest BCUT2D eigenvalue weighted by molar-refractivity contribution is 7.92. The molecule has 1 fully saturated rings. The number of anilines is 2. The van der Waals surface area contributed by atoms with Crippen molar-refractivity contribution < 1.29 is 17.9 Å². The summed E-state index contributed by atoms with van der Waals surface area (Å²) in [6, 6.07) is 19.6. The molecular formula is C27H27Cl2N3O4S. The fourth-order valence-corrected chi connectivity index (χ4v) is 6.80. The first-order valence-electron chi connectivity index (χ1n) is 12.1. The second-order valence-corrected chi connectivity index (χ2v) is 11.7. The van der Waals surface area contributed by atoms with Crippen molar-refractivity contribution in [3.63, 3.8) is 0 Å². The van der Waals surface area contributed by atoms with Gasteiger partial charge in [-0.1, -0.05) is 47.5 Å². The summed E-state index contributed by atoms with van der Waals surface area (Å²) in [5.74, 6) is 0.119. The molecule has 3 aromatic carbocycles. The van der Waals surface area contributed by atoms with Crippen LogP contribution in [-0.2, 0) is 21.2 Å². The monoisotopic (exact) mass is 559 g/mol. The van der Waals surface area contributed by atoms with Gasteiger partial charge in [0.25, 0.3) is 15.9 Å². The largest absolute Gasteiger partial charge is 0.482 e. The van der Waals surface area contributed by atoms with E-state index in [-0.39, 0.29) is 28.2 Å². The zero-order chi connectivity index (χ0) is 26.0. The SMILES string of the molecule is O=C(COc1ccc(S(=O)(=O)N2CCCc3ccccc32)cc1Cl)N1CCN(c2cccc(Cl)c2)CC1. The summed E-state index contributed by atoms with van der Waals surface area (Å²) in [5.41, 5.74) is 2.74. The Balaban J connectivity index is 1.20. The highest BCUT2D eigenvalue weighted by Gasteiger charge is 2.29. The van der Waals surface area contributed by atoms with E-state index in [0.29, 0.717) is 43.4 Å². The summed E-state index contributed by atoms with van der Waals surface area (Å²) < 4.78 is 33.9. The van der Waals surface area contributed by atoms with Gasteiger partial charge >= 0.3 is 0 Å². The molecule has 3 aromatic rings. The summed E-state index contributed by atoms with van der Waals surface area (Å²) in [5, 5.41) is 0.825. The molecule has 1 amide bonds. The van der Waals surface area contributed by atoms with Gasteiger partial charge in [0.05, 0.1) is 15.6 Å². The molecule has 0 bridgehead atoms. The van der Waals surface area contributed by atoms with E-state index in [1.54, 1.807) is 4.90 Å². The van der Waals surface area contributed by atoms with Crippen molar-refractivity contribution in [3.8, 4) is 5.75 Å². The number of para-hydroxylation sites is 1. The third kappa shape index (κ3) is 5.51. The van der Waals surface area contributed by atoms with Crippen molar-refractivity contribution in [3.05, 3.63) is 82.3 Å². The standard InChI is InChI=1S/C27H27Cl2N3O4S/c28-21-7-3-8-22(17-21)30-13-15-31(16-14-30)27(33)19-36-26-11-10-23(18-24(26)29)37(34,35)32-12-4-6-20-5-1-2-9-25(20)32/h1-3,5,7-11,17-18H,4,6,12-16,19H2. The van der Waals surface area contributed by atoms with Crippen LogP contribution in [0.2, 0.25) is 10.0 Å². The number of sulfonamides is 1. The first-order valence-corrected chi connectivity index (χ1v) is 14.3. The third-order valence-electron chi connectivity index (χ3n) is 6.72. The number of hydrogen-bond acceptors (Lipinski definition) is 5. The summed E-state index contributed by atoms with van der Waals surface area (Å²) in [7, 11) is -3.79. The Kier molecular flexibility index (Phi) is 7.51. The molecule has 0 atom stereocenters. The molecule has 0 aromatic heterocycles. The maximum atomic E-state index is 13.4. The van der Waals surface area contributed by atoms with E-state index in [1.165, 1.54) is 22.5 Å². The fourth-order valence-electron chi connectivity index (χ4n) is 4.75. The van der Waals surface area contributed by atoms with Crippen LogP contribution in [0.25, 0.3) is 0 Å². The molecule has 0 spiro atoms. The molecule has 5 rings (SSSR count). The lowest BCUT2D eigenvalue weighted by Crippen LogP contribution is -2.50. The van der Waals surface area contributed by atoms with Crippen LogP contribution in [0.5, 0.6) is 5.75 Å². The number of carbonyl (C=O) groups excluding carboxylic acids is 1. The average molecular weight is 561 g/mol. The van der Waals surface area contributed by atoms with Gasteiger partial charge in [-0.2, -0.15) is 0 Å². The number of benzene rings is 3. The van der Waals surface area contributed by atoms with E-state index in [9.17, 15) is 13.2 Å². The molecule has 2 heterocycles. The Morgan fingerprint density at radius 2 is 1.68 bits per heavy atom. The van der Waals surface area contributed by atoms with Crippen molar-refractivity contribution >= 4 is 50.5 Å². The molecule has 37 heavy (non-hydrogen) atoms. The van der Waals surface area contributed by atoms with Crippen LogP contribution in [0.1, 0.15) is 12.0 Å². The third-order valence-corrected chi connectivity index (χ3v) is 9.06. The number of piperazine rings is 1. The second kappa shape index (κ2) is 10.8. The summed E-state index contributed by atoms with van der Waals surface area (Å²) in [6.07, 6.45) is 1.60. The van der Waals surface area contributed by atoms with E-state index >= 15 is 0 Å². The fraction of sp³-hybridized carbons (Fsp3) is 0.296.